The minimum atomic E-state index is 0.814. The number of nitrogens with one attached hydrogen (secondary N) is 1. The maximum absolute atomic E-state index is 3.89. The number of hydrogen-bond acceptors (Lipinski definition) is 3. The zero-order valence-corrected chi connectivity index (χ0v) is 11.3. The molecule has 0 aromatic heterocycles. The fourth-order valence-corrected chi connectivity index (χ4v) is 4.63. The molecule has 1 saturated heterocycles. The van der Waals surface area contributed by atoms with E-state index in [4.69, 9.17) is 0 Å². The Kier molecular flexibility index (Phi) is 5.18. The van der Waals surface area contributed by atoms with Crippen LogP contribution in [-0.2, 0) is 0 Å². The van der Waals surface area contributed by atoms with Crippen LogP contribution in [0.2, 0.25) is 0 Å². The second-order valence-corrected chi connectivity index (χ2v) is 7.09. The highest BCUT2D eigenvalue weighted by molar-refractivity contribution is 7.99. The molecule has 0 amide bonds. The van der Waals surface area contributed by atoms with Gasteiger partial charge in [0.2, 0.25) is 0 Å². The van der Waals surface area contributed by atoms with Gasteiger partial charge in [0.15, 0.2) is 0 Å². The lowest BCUT2D eigenvalue weighted by Crippen LogP contribution is -2.44. The lowest BCUT2D eigenvalue weighted by Gasteiger charge is -2.33. The third kappa shape index (κ3) is 3.86. The van der Waals surface area contributed by atoms with Crippen LogP contribution in [-0.4, -0.2) is 35.1 Å². The molecule has 15 heavy (non-hydrogen) atoms. The lowest BCUT2D eigenvalue weighted by atomic mass is 9.94. The van der Waals surface area contributed by atoms with Crippen molar-refractivity contribution in [3.05, 3.63) is 0 Å². The van der Waals surface area contributed by atoms with Crippen LogP contribution in [0.1, 0.15) is 38.5 Å². The summed E-state index contributed by atoms with van der Waals surface area (Å²) in [6.07, 6.45) is 10.8. The van der Waals surface area contributed by atoms with Gasteiger partial charge < -0.3 is 5.32 Å². The van der Waals surface area contributed by atoms with Crippen LogP contribution in [0.5, 0.6) is 0 Å². The van der Waals surface area contributed by atoms with E-state index in [1.54, 1.807) is 0 Å². The molecule has 0 radical (unpaired) electrons. The fourth-order valence-electron chi connectivity index (χ4n) is 2.72. The van der Waals surface area contributed by atoms with E-state index < -0.39 is 0 Å². The Morgan fingerprint density at radius 3 is 2.73 bits per heavy atom. The first-order chi connectivity index (χ1) is 7.38. The number of rotatable bonds is 3. The van der Waals surface area contributed by atoms with Gasteiger partial charge in [0, 0.05) is 23.1 Å². The van der Waals surface area contributed by atoms with Gasteiger partial charge in [-0.1, -0.05) is 6.42 Å². The normalized spacial score (nSPS) is 37.8. The van der Waals surface area contributed by atoms with Crippen molar-refractivity contribution in [3.63, 3.8) is 0 Å². The Morgan fingerprint density at radius 1 is 1.13 bits per heavy atom. The van der Waals surface area contributed by atoms with E-state index in [0.717, 1.165) is 17.3 Å². The van der Waals surface area contributed by atoms with Gasteiger partial charge in [0.25, 0.3) is 0 Å². The summed E-state index contributed by atoms with van der Waals surface area (Å²) in [5.41, 5.74) is 0. The smallest absolute Gasteiger partial charge is 0.0161 e. The monoisotopic (exact) mass is 245 g/mol. The lowest BCUT2D eigenvalue weighted by molar-refractivity contribution is 0.342. The molecule has 88 valence electrons. The summed E-state index contributed by atoms with van der Waals surface area (Å²) in [6, 6.07) is 1.63. The maximum Gasteiger partial charge on any atom is 0.0161 e. The van der Waals surface area contributed by atoms with Gasteiger partial charge in [0.1, 0.15) is 0 Å². The highest BCUT2D eigenvalue weighted by atomic mass is 32.2. The van der Waals surface area contributed by atoms with Gasteiger partial charge in [-0.25, -0.2) is 0 Å². The van der Waals surface area contributed by atoms with E-state index in [9.17, 15) is 0 Å². The molecule has 0 spiro atoms. The van der Waals surface area contributed by atoms with Crippen molar-refractivity contribution in [1.29, 1.82) is 0 Å². The molecule has 0 aromatic carbocycles. The molecule has 2 fully saturated rings. The van der Waals surface area contributed by atoms with Gasteiger partial charge >= 0.3 is 0 Å². The minimum absolute atomic E-state index is 0.814. The van der Waals surface area contributed by atoms with Crippen LogP contribution in [0.25, 0.3) is 0 Å². The third-order valence-corrected chi connectivity index (χ3v) is 5.90. The van der Waals surface area contributed by atoms with Crippen LogP contribution in [0, 0.1) is 0 Å². The average Bonchev–Trinajstić information content (AvgIpc) is 2.31. The first kappa shape index (κ1) is 12.1. The molecule has 0 bridgehead atoms. The SMILES string of the molecule is CSC1CCCC(NC2CCCSC2)C1. The Bertz CT molecular complexity index is 180. The van der Waals surface area contributed by atoms with Crippen LogP contribution in [0.4, 0.5) is 0 Å². The Morgan fingerprint density at radius 2 is 2.00 bits per heavy atom. The van der Waals surface area contributed by atoms with E-state index in [-0.39, 0.29) is 0 Å². The summed E-state index contributed by atoms with van der Waals surface area (Å²) in [5, 5.41) is 4.81. The molecule has 1 heterocycles. The van der Waals surface area contributed by atoms with Crippen molar-refractivity contribution in [1.82, 2.24) is 5.32 Å². The van der Waals surface area contributed by atoms with Crippen LogP contribution < -0.4 is 5.32 Å². The summed E-state index contributed by atoms with van der Waals surface area (Å²) in [7, 11) is 0. The fraction of sp³-hybridized carbons (Fsp3) is 1.00. The van der Waals surface area contributed by atoms with E-state index in [0.29, 0.717) is 0 Å². The summed E-state index contributed by atoms with van der Waals surface area (Å²) in [4.78, 5) is 0. The highest BCUT2D eigenvalue weighted by Gasteiger charge is 2.24. The van der Waals surface area contributed by atoms with Gasteiger partial charge in [0.05, 0.1) is 0 Å². The van der Waals surface area contributed by atoms with Crippen molar-refractivity contribution < 1.29 is 0 Å². The van der Waals surface area contributed by atoms with Crippen molar-refractivity contribution >= 4 is 23.5 Å². The first-order valence-electron chi connectivity index (χ1n) is 6.25. The summed E-state index contributed by atoms with van der Waals surface area (Å²) >= 11 is 4.20. The van der Waals surface area contributed by atoms with Crippen molar-refractivity contribution in [2.24, 2.45) is 0 Å². The molecule has 0 aromatic rings. The van der Waals surface area contributed by atoms with Crippen LogP contribution >= 0.6 is 23.5 Å². The van der Waals surface area contributed by atoms with Gasteiger partial charge in [-0.05, 0) is 44.1 Å². The molecule has 1 N–H and O–H groups in total. The van der Waals surface area contributed by atoms with Crippen LogP contribution in [0.15, 0.2) is 0 Å². The largest absolute Gasteiger partial charge is 0.310 e. The molecular weight excluding hydrogens is 222 g/mol. The average molecular weight is 245 g/mol. The van der Waals surface area contributed by atoms with E-state index in [1.807, 2.05) is 0 Å². The summed E-state index contributed by atoms with van der Waals surface area (Å²) in [6.45, 7) is 0. The molecule has 3 atom stereocenters. The standard InChI is InChI=1S/C12H23NS2/c1-14-12-6-2-4-10(8-12)13-11-5-3-7-15-9-11/h10-13H,2-9H2,1H3. The topological polar surface area (TPSA) is 12.0 Å². The zero-order valence-electron chi connectivity index (χ0n) is 9.71. The predicted molar refractivity (Wildman–Crippen MR) is 73.0 cm³/mol. The molecule has 1 saturated carbocycles. The maximum atomic E-state index is 3.89. The van der Waals surface area contributed by atoms with E-state index >= 15 is 0 Å². The van der Waals surface area contributed by atoms with Crippen molar-refractivity contribution in [2.75, 3.05) is 17.8 Å². The molecule has 3 heteroatoms. The Hall–Kier alpha value is 0.660. The third-order valence-electron chi connectivity index (χ3n) is 3.59. The Labute approximate surface area is 103 Å². The van der Waals surface area contributed by atoms with Gasteiger partial charge in [-0.15, -0.1) is 0 Å². The molecule has 1 nitrogen and oxygen atoms in total. The summed E-state index contributed by atoms with van der Waals surface area (Å²) in [5.74, 6) is 2.73. The second-order valence-electron chi connectivity index (χ2n) is 4.80. The van der Waals surface area contributed by atoms with E-state index in [1.165, 1.54) is 50.0 Å². The van der Waals surface area contributed by atoms with Gasteiger partial charge in [-0.2, -0.15) is 23.5 Å². The Balaban J connectivity index is 1.72. The quantitative estimate of drug-likeness (QED) is 0.820. The molecule has 1 aliphatic carbocycles. The van der Waals surface area contributed by atoms with Crippen molar-refractivity contribution in [2.45, 2.75) is 55.9 Å². The van der Waals surface area contributed by atoms with Gasteiger partial charge in [-0.3, -0.25) is 0 Å². The second kappa shape index (κ2) is 6.41. The zero-order chi connectivity index (χ0) is 10.5. The minimum Gasteiger partial charge on any atom is -0.310 e. The first-order valence-corrected chi connectivity index (χ1v) is 8.69. The molecule has 3 unspecified atom stereocenters. The number of thioether (sulfide) groups is 2. The molecular formula is C12H23NS2. The van der Waals surface area contributed by atoms with Crippen molar-refractivity contribution in [3.8, 4) is 0 Å². The molecule has 1 aliphatic heterocycles. The summed E-state index contributed by atoms with van der Waals surface area (Å²) < 4.78 is 0. The van der Waals surface area contributed by atoms with Crippen LogP contribution in [0.3, 0.4) is 0 Å². The molecule has 2 rings (SSSR count). The van der Waals surface area contributed by atoms with E-state index in [2.05, 4.69) is 35.1 Å². The number of hydrogen-bond donors (Lipinski definition) is 1. The molecule has 2 aliphatic rings. The predicted octanol–water partition coefficient (Wildman–Crippen LogP) is 3.15. The highest BCUT2D eigenvalue weighted by Crippen LogP contribution is 2.28.